The molecule has 1 fully saturated rings. The number of hydrogen-bond acceptors (Lipinski definition) is 3. The minimum absolute atomic E-state index is 0.00105. The van der Waals surface area contributed by atoms with Crippen molar-refractivity contribution < 1.29 is 17.6 Å². The zero-order valence-electron chi connectivity index (χ0n) is 13.0. The van der Waals surface area contributed by atoms with Gasteiger partial charge in [0, 0.05) is 24.4 Å². The van der Waals surface area contributed by atoms with E-state index in [1.807, 2.05) is 0 Å². The van der Waals surface area contributed by atoms with Crippen molar-refractivity contribution in [1.82, 2.24) is 9.80 Å². The molecule has 1 unspecified atom stereocenters. The number of alkyl halides is 4. The number of amidine groups is 1. The maximum Gasteiger partial charge on any atom is 0.417 e. The Bertz CT molecular complexity index is 751. The van der Waals surface area contributed by atoms with E-state index in [1.165, 1.54) is 12.1 Å². The van der Waals surface area contributed by atoms with Crippen LogP contribution in [0.15, 0.2) is 18.2 Å². The van der Waals surface area contributed by atoms with Gasteiger partial charge >= 0.3 is 6.18 Å². The molecule has 1 atom stereocenters. The van der Waals surface area contributed by atoms with E-state index in [-0.39, 0.29) is 23.2 Å². The normalized spacial score (nSPS) is 23.0. The molecule has 0 radical (unpaired) electrons. The molecule has 9 heteroatoms. The van der Waals surface area contributed by atoms with Gasteiger partial charge < -0.3 is 0 Å². The van der Waals surface area contributed by atoms with Gasteiger partial charge in [-0.3, -0.25) is 10.7 Å². The highest BCUT2D eigenvalue weighted by Crippen LogP contribution is 2.41. The molecule has 0 spiro atoms. The molecule has 1 aliphatic heterocycles. The van der Waals surface area contributed by atoms with Crippen molar-refractivity contribution in [2.24, 2.45) is 0 Å². The second kappa shape index (κ2) is 5.79. The van der Waals surface area contributed by atoms with Gasteiger partial charge in [-0.25, -0.2) is 8.87 Å². The average Bonchev–Trinajstić information content (AvgIpc) is 2.66. The summed E-state index contributed by atoms with van der Waals surface area (Å²) < 4.78 is 52.6. The second-order valence-electron chi connectivity index (χ2n) is 5.93. The van der Waals surface area contributed by atoms with E-state index in [4.69, 9.17) is 22.9 Å². The standard InChI is InChI=1S/C15H14F4N4S/c1-14(2)12(21)22-13(24)23(14,6-5-16)10-4-3-9(8-20)11(7-10)15(17,18)19/h3-4,7H,5-6H2,1-2H3,(H-,21,22,24)/p+1. The quantitative estimate of drug-likeness (QED) is 0.493. The van der Waals surface area contributed by atoms with Crippen LogP contribution in [0.5, 0.6) is 0 Å². The van der Waals surface area contributed by atoms with Crippen LogP contribution in [-0.4, -0.2) is 29.7 Å². The molecule has 2 rings (SSSR count). The Morgan fingerprint density at radius 1 is 1.38 bits per heavy atom. The lowest BCUT2D eigenvalue weighted by atomic mass is 9.96. The van der Waals surface area contributed by atoms with Crippen molar-refractivity contribution in [2.75, 3.05) is 13.2 Å². The Hall–Kier alpha value is -2.05. The van der Waals surface area contributed by atoms with Crippen LogP contribution in [0.4, 0.5) is 23.2 Å². The summed E-state index contributed by atoms with van der Waals surface area (Å²) in [7, 11) is 0. The SMILES string of the molecule is CC1(C)C(=N)NC(=S)[N+]1(CCF)c1ccc(C#N)c(C(F)(F)F)c1. The topological polar surface area (TPSA) is 59.7 Å². The van der Waals surface area contributed by atoms with Crippen LogP contribution in [0.2, 0.25) is 0 Å². The first-order chi connectivity index (χ1) is 11.0. The van der Waals surface area contributed by atoms with Crippen LogP contribution in [0.3, 0.4) is 0 Å². The molecule has 1 heterocycles. The summed E-state index contributed by atoms with van der Waals surface area (Å²) in [5, 5.41) is 19.6. The van der Waals surface area contributed by atoms with Gasteiger partial charge in [0.2, 0.25) is 0 Å². The lowest BCUT2D eigenvalue weighted by Gasteiger charge is -2.41. The Morgan fingerprint density at radius 2 is 2.00 bits per heavy atom. The van der Waals surface area contributed by atoms with Gasteiger partial charge in [0.25, 0.3) is 5.11 Å². The van der Waals surface area contributed by atoms with Gasteiger partial charge in [0.1, 0.15) is 18.9 Å². The fourth-order valence-electron chi connectivity index (χ4n) is 2.98. The summed E-state index contributed by atoms with van der Waals surface area (Å²) >= 11 is 5.23. The molecule has 0 amide bonds. The number of rotatable bonds is 3. The van der Waals surface area contributed by atoms with Gasteiger partial charge in [-0.15, -0.1) is 0 Å². The van der Waals surface area contributed by atoms with E-state index in [1.54, 1.807) is 13.8 Å². The Kier molecular flexibility index (Phi) is 4.41. The second-order valence-corrected chi connectivity index (χ2v) is 6.31. The van der Waals surface area contributed by atoms with Gasteiger partial charge in [0.05, 0.1) is 17.2 Å². The van der Waals surface area contributed by atoms with Crippen molar-refractivity contribution in [3.05, 3.63) is 29.3 Å². The third-order valence-corrected chi connectivity index (χ3v) is 4.85. The summed E-state index contributed by atoms with van der Waals surface area (Å²) in [5.41, 5.74) is -2.60. The molecule has 2 N–H and O–H groups in total. The Balaban J connectivity index is 2.78. The Morgan fingerprint density at radius 3 is 2.42 bits per heavy atom. The molecule has 4 nitrogen and oxygen atoms in total. The summed E-state index contributed by atoms with van der Waals surface area (Å²) in [6.07, 6.45) is -4.73. The first kappa shape index (κ1) is 18.3. The molecule has 0 aromatic heterocycles. The number of hydrogen-bond donors (Lipinski definition) is 2. The minimum Gasteiger partial charge on any atom is -0.284 e. The molecule has 0 aliphatic carbocycles. The molecule has 24 heavy (non-hydrogen) atoms. The molecule has 1 aliphatic rings. The zero-order chi connectivity index (χ0) is 18.3. The predicted octanol–water partition coefficient (Wildman–Crippen LogP) is 3.50. The molecule has 1 aromatic rings. The number of halogens is 4. The van der Waals surface area contributed by atoms with Gasteiger partial charge in [-0.2, -0.15) is 18.4 Å². The minimum atomic E-state index is -4.73. The first-order valence-corrected chi connectivity index (χ1v) is 7.40. The number of nitrogens with one attached hydrogen (secondary N) is 2. The number of nitriles is 1. The average molecular weight is 359 g/mol. The zero-order valence-corrected chi connectivity index (χ0v) is 13.8. The van der Waals surface area contributed by atoms with Gasteiger partial charge in [-0.1, -0.05) is 0 Å². The Labute approximate surface area is 141 Å². The highest BCUT2D eigenvalue weighted by Gasteiger charge is 2.59. The summed E-state index contributed by atoms with van der Waals surface area (Å²) in [4.78, 5) is 0. The van der Waals surface area contributed by atoms with Crippen molar-refractivity contribution in [3.63, 3.8) is 0 Å². The molecule has 0 saturated carbocycles. The number of thiocarbonyl (C=S) groups is 1. The molecule has 128 valence electrons. The van der Waals surface area contributed by atoms with Crippen molar-refractivity contribution in [1.29, 1.82) is 10.7 Å². The maximum absolute atomic E-state index is 13.3. The lowest BCUT2D eigenvalue weighted by molar-refractivity contribution is -0.137. The third kappa shape index (κ3) is 2.46. The summed E-state index contributed by atoms with van der Waals surface area (Å²) in [6.45, 7) is 2.18. The van der Waals surface area contributed by atoms with Crippen molar-refractivity contribution in [2.45, 2.75) is 25.6 Å². The summed E-state index contributed by atoms with van der Waals surface area (Å²) in [5.74, 6) is -0.00105. The number of nitrogens with zero attached hydrogens (tertiary/aromatic N) is 2. The van der Waals surface area contributed by atoms with Gasteiger partial charge in [0.15, 0.2) is 11.4 Å². The van der Waals surface area contributed by atoms with E-state index in [0.717, 1.165) is 12.1 Å². The molecular formula is C15H15F4N4S+. The number of quaternary nitrogens is 1. The largest absolute Gasteiger partial charge is 0.417 e. The molecule has 1 saturated heterocycles. The third-order valence-electron chi connectivity index (χ3n) is 4.43. The smallest absolute Gasteiger partial charge is 0.284 e. The van der Waals surface area contributed by atoms with E-state index < -0.39 is 34.0 Å². The summed E-state index contributed by atoms with van der Waals surface area (Å²) in [6, 6.07) is 4.72. The van der Waals surface area contributed by atoms with Crippen LogP contribution < -0.4 is 9.80 Å². The van der Waals surface area contributed by atoms with Crippen LogP contribution in [-0.2, 0) is 6.18 Å². The monoisotopic (exact) mass is 359 g/mol. The fourth-order valence-corrected chi connectivity index (χ4v) is 3.51. The van der Waals surface area contributed by atoms with Crippen LogP contribution in [0.1, 0.15) is 25.0 Å². The molecule has 1 aromatic carbocycles. The highest BCUT2D eigenvalue weighted by molar-refractivity contribution is 7.80. The molecular weight excluding hydrogens is 344 g/mol. The van der Waals surface area contributed by atoms with Crippen LogP contribution in [0, 0.1) is 16.7 Å². The molecule has 0 bridgehead atoms. The van der Waals surface area contributed by atoms with E-state index in [2.05, 4.69) is 5.32 Å². The highest BCUT2D eigenvalue weighted by atomic mass is 32.1. The van der Waals surface area contributed by atoms with Crippen LogP contribution >= 0.6 is 12.2 Å². The van der Waals surface area contributed by atoms with E-state index >= 15 is 0 Å². The predicted molar refractivity (Wildman–Crippen MR) is 86.3 cm³/mol. The number of benzene rings is 1. The van der Waals surface area contributed by atoms with Crippen molar-refractivity contribution >= 4 is 28.9 Å². The van der Waals surface area contributed by atoms with E-state index in [9.17, 15) is 17.6 Å². The maximum atomic E-state index is 13.3. The van der Waals surface area contributed by atoms with E-state index in [0.29, 0.717) is 0 Å². The van der Waals surface area contributed by atoms with Crippen molar-refractivity contribution in [3.8, 4) is 6.07 Å². The fraction of sp³-hybridized carbons (Fsp3) is 0.400. The first-order valence-electron chi connectivity index (χ1n) is 6.99. The van der Waals surface area contributed by atoms with Gasteiger partial charge in [-0.05, 0) is 19.9 Å². The van der Waals surface area contributed by atoms with Crippen LogP contribution in [0.25, 0.3) is 0 Å². The lowest BCUT2D eigenvalue weighted by Crippen LogP contribution is -2.64.